The van der Waals surface area contributed by atoms with Gasteiger partial charge >= 0.3 is 0 Å². The van der Waals surface area contributed by atoms with Gasteiger partial charge in [0.05, 0.1) is 25.2 Å². The number of methoxy groups -OCH3 is 1. The van der Waals surface area contributed by atoms with Crippen molar-refractivity contribution in [3.8, 4) is 5.75 Å². The molecular weight excluding hydrogens is 316 g/mol. The Balaban J connectivity index is 1.72. The molecule has 2 aromatic heterocycles. The van der Waals surface area contributed by atoms with E-state index in [2.05, 4.69) is 15.4 Å². The normalized spacial score (nSPS) is 11.4. The van der Waals surface area contributed by atoms with Crippen LogP contribution >= 0.6 is 0 Å². The smallest absolute Gasteiger partial charge is 0.248 e. The van der Waals surface area contributed by atoms with Gasteiger partial charge in [-0.15, -0.1) is 0 Å². The molecule has 0 aliphatic rings. The molecule has 0 aliphatic carbocycles. The first-order chi connectivity index (χ1) is 12.1. The van der Waals surface area contributed by atoms with Gasteiger partial charge in [0, 0.05) is 17.5 Å². The number of hydrogen-bond donors (Lipinski definition) is 1. The van der Waals surface area contributed by atoms with Gasteiger partial charge in [0.15, 0.2) is 5.65 Å². The van der Waals surface area contributed by atoms with Crippen molar-refractivity contribution in [2.75, 3.05) is 12.4 Å². The van der Waals surface area contributed by atoms with Crippen LogP contribution in [0, 0.1) is 0 Å². The monoisotopic (exact) mass is 336 g/mol. The topological polar surface area (TPSA) is 69.0 Å². The summed E-state index contributed by atoms with van der Waals surface area (Å²) in [6.45, 7) is 4.10. The average molecular weight is 336 g/mol. The maximum Gasteiger partial charge on any atom is 0.248 e. The molecule has 1 aromatic carbocycles. The molecule has 128 valence electrons. The summed E-state index contributed by atoms with van der Waals surface area (Å²) in [5, 5.41) is 8.03. The molecule has 3 rings (SSSR count). The van der Waals surface area contributed by atoms with Crippen LogP contribution in [0.2, 0.25) is 0 Å². The van der Waals surface area contributed by atoms with E-state index < -0.39 is 0 Å². The van der Waals surface area contributed by atoms with E-state index in [0.717, 1.165) is 22.3 Å². The van der Waals surface area contributed by atoms with Crippen molar-refractivity contribution in [3.63, 3.8) is 0 Å². The number of carbonyl (C=O) groups is 1. The maximum absolute atomic E-state index is 12.1. The van der Waals surface area contributed by atoms with E-state index in [1.54, 1.807) is 25.6 Å². The van der Waals surface area contributed by atoms with Crippen molar-refractivity contribution in [2.45, 2.75) is 19.9 Å². The lowest BCUT2D eigenvalue weighted by atomic mass is 10.2. The van der Waals surface area contributed by atoms with E-state index in [9.17, 15) is 4.79 Å². The van der Waals surface area contributed by atoms with E-state index in [1.165, 1.54) is 6.08 Å². The van der Waals surface area contributed by atoms with E-state index in [-0.39, 0.29) is 11.9 Å². The van der Waals surface area contributed by atoms with Crippen LogP contribution in [0.3, 0.4) is 0 Å². The molecule has 0 radical (unpaired) electrons. The fraction of sp³-hybridized carbons (Fsp3) is 0.211. The number of ether oxygens (including phenoxy) is 1. The number of amides is 1. The molecule has 0 bridgehead atoms. The van der Waals surface area contributed by atoms with Crippen LogP contribution in [0.5, 0.6) is 5.75 Å². The molecule has 25 heavy (non-hydrogen) atoms. The van der Waals surface area contributed by atoms with Gasteiger partial charge in [-0.3, -0.25) is 4.79 Å². The number of nitrogens with one attached hydrogen (secondary N) is 1. The van der Waals surface area contributed by atoms with Crippen molar-refractivity contribution in [1.29, 1.82) is 0 Å². The first-order valence-electron chi connectivity index (χ1n) is 8.03. The molecule has 0 saturated carbocycles. The Hall–Kier alpha value is -3.15. The Labute approximate surface area is 146 Å². The standard InChI is InChI=1S/C19H20N4O2/c1-13(2)23-19-15(11-21-23)10-16(12-20-19)22-18(24)8-7-14-5-4-6-17(9-14)25-3/h4-13H,1-3H3,(H,22,24)/b8-7+. The Morgan fingerprint density at radius 2 is 2.12 bits per heavy atom. The van der Waals surface area contributed by atoms with Crippen LogP contribution in [-0.4, -0.2) is 27.8 Å². The first-order valence-corrected chi connectivity index (χ1v) is 8.03. The second kappa shape index (κ2) is 7.17. The van der Waals surface area contributed by atoms with Gasteiger partial charge in [-0.2, -0.15) is 5.10 Å². The summed E-state index contributed by atoms with van der Waals surface area (Å²) in [4.78, 5) is 16.5. The predicted molar refractivity (Wildman–Crippen MR) is 98.6 cm³/mol. The molecule has 1 N–H and O–H groups in total. The molecule has 1 amide bonds. The van der Waals surface area contributed by atoms with E-state index in [4.69, 9.17) is 4.74 Å². The van der Waals surface area contributed by atoms with Gasteiger partial charge in [-0.25, -0.2) is 9.67 Å². The van der Waals surface area contributed by atoms with Gasteiger partial charge < -0.3 is 10.1 Å². The zero-order chi connectivity index (χ0) is 17.8. The third-order valence-corrected chi connectivity index (χ3v) is 3.71. The van der Waals surface area contributed by atoms with Crippen molar-refractivity contribution >= 4 is 28.7 Å². The van der Waals surface area contributed by atoms with Crippen LogP contribution in [0.1, 0.15) is 25.5 Å². The summed E-state index contributed by atoms with van der Waals surface area (Å²) in [6.07, 6.45) is 6.61. The molecule has 0 fully saturated rings. The van der Waals surface area contributed by atoms with Crippen LogP contribution < -0.4 is 10.1 Å². The number of benzene rings is 1. The third-order valence-electron chi connectivity index (χ3n) is 3.71. The molecule has 0 aliphatic heterocycles. The SMILES string of the molecule is COc1cccc(/C=C/C(=O)Nc2cnc3c(cnn3C(C)C)c2)c1. The maximum atomic E-state index is 12.1. The van der Waals surface area contributed by atoms with Crippen LogP contribution in [0.15, 0.2) is 48.8 Å². The third kappa shape index (κ3) is 3.85. The Morgan fingerprint density at radius 3 is 2.88 bits per heavy atom. The summed E-state index contributed by atoms with van der Waals surface area (Å²) in [7, 11) is 1.61. The summed E-state index contributed by atoms with van der Waals surface area (Å²) < 4.78 is 7.02. The highest BCUT2D eigenvalue weighted by atomic mass is 16.5. The van der Waals surface area contributed by atoms with Crippen molar-refractivity contribution in [1.82, 2.24) is 14.8 Å². The van der Waals surface area contributed by atoms with Crippen LogP contribution in [0.25, 0.3) is 17.1 Å². The van der Waals surface area contributed by atoms with Crippen LogP contribution in [-0.2, 0) is 4.79 Å². The lowest BCUT2D eigenvalue weighted by molar-refractivity contribution is -0.111. The molecule has 3 aromatic rings. The number of nitrogens with zero attached hydrogens (tertiary/aromatic N) is 3. The Kier molecular flexibility index (Phi) is 4.79. The molecule has 6 nitrogen and oxygen atoms in total. The quantitative estimate of drug-likeness (QED) is 0.722. The summed E-state index contributed by atoms with van der Waals surface area (Å²) in [5.74, 6) is 0.527. The summed E-state index contributed by atoms with van der Waals surface area (Å²) >= 11 is 0. The van der Waals surface area contributed by atoms with Gasteiger partial charge in [-0.05, 0) is 43.7 Å². The highest BCUT2D eigenvalue weighted by molar-refractivity contribution is 6.02. The predicted octanol–water partition coefficient (Wildman–Crippen LogP) is 3.67. The van der Waals surface area contributed by atoms with Crippen molar-refractivity contribution < 1.29 is 9.53 Å². The lowest BCUT2D eigenvalue weighted by Crippen LogP contribution is -2.08. The number of pyridine rings is 1. The zero-order valence-electron chi connectivity index (χ0n) is 14.4. The highest BCUT2D eigenvalue weighted by Gasteiger charge is 2.08. The number of anilines is 1. The molecule has 6 heteroatoms. The second-order valence-electron chi connectivity index (χ2n) is 5.92. The summed E-state index contributed by atoms with van der Waals surface area (Å²) in [6, 6.07) is 9.59. The fourth-order valence-electron chi connectivity index (χ4n) is 2.49. The van der Waals surface area contributed by atoms with E-state index in [0.29, 0.717) is 5.69 Å². The van der Waals surface area contributed by atoms with Gasteiger partial charge in [-0.1, -0.05) is 12.1 Å². The van der Waals surface area contributed by atoms with Crippen molar-refractivity contribution in [2.24, 2.45) is 0 Å². The molecule has 0 atom stereocenters. The van der Waals surface area contributed by atoms with Gasteiger partial charge in [0.1, 0.15) is 5.75 Å². The molecular formula is C19H20N4O2. The zero-order valence-corrected chi connectivity index (χ0v) is 14.4. The first kappa shape index (κ1) is 16.7. The van der Waals surface area contributed by atoms with Gasteiger partial charge in [0.2, 0.25) is 5.91 Å². The lowest BCUT2D eigenvalue weighted by Gasteiger charge is -2.06. The number of hydrogen-bond acceptors (Lipinski definition) is 4. The van der Waals surface area contributed by atoms with E-state index in [1.807, 2.05) is 48.9 Å². The van der Waals surface area contributed by atoms with Crippen LogP contribution in [0.4, 0.5) is 5.69 Å². The largest absolute Gasteiger partial charge is 0.497 e. The van der Waals surface area contributed by atoms with Gasteiger partial charge in [0.25, 0.3) is 0 Å². The Bertz CT molecular complexity index is 928. The number of aromatic nitrogens is 3. The number of carbonyl (C=O) groups excluding carboxylic acids is 1. The number of fused-ring (bicyclic) bond motifs is 1. The molecule has 2 heterocycles. The minimum Gasteiger partial charge on any atom is -0.497 e. The minimum absolute atomic E-state index is 0.222. The number of rotatable bonds is 5. The fourth-order valence-corrected chi connectivity index (χ4v) is 2.49. The minimum atomic E-state index is -0.222. The van der Waals surface area contributed by atoms with Crippen molar-refractivity contribution in [3.05, 3.63) is 54.4 Å². The second-order valence-corrected chi connectivity index (χ2v) is 5.92. The Morgan fingerprint density at radius 1 is 1.28 bits per heavy atom. The van der Waals surface area contributed by atoms with E-state index >= 15 is 0 Å². The highest BCUT2D eigenvalue weighted by Crippen LogP contribution is 2.19. The molecule has 0 saturated heterocycles. The molecule has 0 unspecified atom stereocenters. The summed E-state index contributed by atoms with van der Waals surface area (Å²) in [5.41, 5.74) is 2.33. The molecule has 0 spiro atoms. The average Bonchev–Trinajstić information content (AvgIpc) is 3.03.